The second kappa shape index (κ2) is 10.7. The zero-order valence-electron chi connectivity index (χ0n) is 24.5. The van der Waals surface area contributed by atoms with Crippen molar-refractivity contribution in [3.05, 3.63) is 71.2 Å². The lowest BCUT2D eigenvalue weighted by Gasteiger charge is -2.15. The predicted molar refractivity (Wildman–Crippen MR) is 128 cm³/mol. The van der Waals surface area contributed by atoms with Crippen LogP contribution in [0.2, 0.25) is 0 Å². The van der Waals surface area contributed by atoms with E-state index in [-0.39, 0.29) is 41.4 Å². The third-order valence-electron chi connectivity index (χ3n) is 4.79. The van der Waals surface area contributed by atoms with Crippen LogP contribution in [0.3, 0.4) is 0 Å². The van der Waals surface area contributed by atoms with E-state index in [1.165, 1.54) is 30.5 Å². The Morgan fingerprint density at radius 2 is 2.24 bits per heavy atom. The van der Waals surface area contributed by atoms with Gasteiger partial charge in [-0.3, -0.25) is 9.78 Å². The zero-order valence-corrected chi connectivity index (χ0v) is 18.5. The van der Waals surface area contributed by atoms with Crippen molar-refractivity contribution in [2.45, 2.75) is 20.2 Å². The van der Waals surface area contributed by atoms with Crippen LogP contribution < -0.4 is 10.1 Å². The maximum atomic E-state index is 13.8. The second-order valence-corrected chi connectivity index (χ2v) is 7.66. The number of anilines is 2. The van der Waals surface area contributed by atoms with E-state index in [9.17, 15) is 14.4 Å². The lowest BCUT2D eigenvalue weighted by atomic mass is 10.0. The Bertz CT molecular complexity index is 1480. The molecule has 0 bridgehead atoms. The quantitative estimate of drug-likeness (QED) is 0.464. The minimum Gasteiger partial charge on any atom is -0.494 e. The SMILES string of the molecule is [2H]/C(=C\C(=O)Cc1cc2c(Nc3ccc(F)c(C)c3)c(C#N)cnc2cc1OC([2H])([2H])C([2H])([2H])[2H])CN(C)C. The summed E-state index contributed by atoms with van der Waals surface area (Å²) in [5.74, 6) is -1.11. The van der Waals surface area contributed by atoms with Crippen LogP contribution in [-0.2, 0) is 11.2 Å². The van der Waals surface area contributed by atoms with Crippen LogP contribution in [0.1, 0.15) is 31.8 Å². The van der Waals surface area contributed by atoms with Crippen LogP contribution in [0, 0.1) is 24.1 Å². The average Bonchev–Trinajstić information content (AvgIpc) is 2.80. The Balaban J connectivity index is 2.18. The summed E-state index contributed by atoms with van der Waals surface area (Å²) in [7, 11) is 3.49. The first-order valence-electron chi connectivity index (χ1n) is 13.0. The molecule has 2 aromatic carbocycles. The number of aromatic nitrogens is 1. The molecule has 1 aromatic heterocycles. The maximum Gasteiger partial charge on any atom is 0.159 e. The van der Waals surface area contributed by atoms with E-state index in [4.69, 9.17) is 13.0 Å². The summed E-state index contributed by atoms with van der Waals surface area (Å²) in [5, 5.41) is 13.2. The normalized spacial score (nSPS) is 15.0. The number of rotatable bonds is 9. The molecule has 7 heteroatoms. The van der Waals surface area contributed by atoms with Crippen LogP contribution in [0.15, 0.2) is 48.7 Å². The number of carbonyl (C=O) groups is 1. The maximum absolute atomic E-state index is 13.8. The van der Waals surface area contributed by atoms with E-state index in [2.05, 4.69) is 10.3 Å². The molecule has 0 fully saturated rings. The minimum atomic E-state index is -3.13. The molecule has 0 atom stereocenters. The van der Waals surface area contributed by atoms with Gasteiger partial charge in [0.25, 0.3) is 0 Å². The molecule has 0 spiro atoms. The third kappa shape index (κ3) is 5.93. The Hall–Kier alpha value is -3.76. The average molecular weight is 453 g/mol. The van der Waals surface area contributed by atoms with Gasteiger partial charge in [-0.1, -0.05) is 6.05 Å². The van der Waals surface area contributed by atoms with Crippen molar-refractivity contribution in [2.24, 2.45) is 0 Å². The molecule has 3 aromatic rings. The van der Waals surface area contributed by atoms with E-state index in [1.54, 1.807) is 32.0 Å². The van der Waals surface area contributed by atoms with Gasteiger partial charge in [-0.15, -0.1) is 0 Å². The number of halogens is 1. The summed E-state index contributed by atoms with van der Waals surface area (Å²) >= 11 is 0. The molecule has 0 aliphatic heterocycles. The van der Waals surface area contributed by atoms with Crippen molar-refractivity contribution in [3.63, 3.8) is 0 Å². The number of nitrogens with one attached hydrogen (secondary N) is 1. The lowest BCUT2D eigenvalue weighted by Crippen LogP contribution is -2.11. The summed E-state index contributed by atoms with van der Waals surface area (Å²) < 4.78 is 65.5. The number of benzene rings is 2. The molecule has 1 N–H and O–H groups in total. The number of nitriles is 1. The number of ether oxygens (including phenoxy) is 1. The fraction of sp³-hybridized carbons (Fsp3) is 0.269. The molecule has 3 rings (SSSR count). The van der Waals surface area contributed by atoms with E-state index >= 15 is 0 Å². The fourth-order valence-corrected chi connectivity index (χ4v) is 3.22. The Morgan fingerprint density at radius 3 is 2.94 bits per heavy atom. The number of pyridine rings is 1. The molecule has 170 valence electrons. The van der Waals surface area contributed by atoms with Crippen LogP contribution in [0.25, 0.3) is 10.9 Å². The molecule has 33 heavy (non-hydrogen) atoms. The van der Waals surface area contributed by atoms with Gasteiger partial charge in [-0.2, -0.15) is 5.26 Å². The topological polar surface area (TPSA) is 78.2 Å². The highest BCUT2D eigenvalue weighted by Crippen LogP contribution is 2.34. The number of hydrogen-bond acceptors (Lipinski definition) is 6. The molecule has 1 heterocycles. The van der Waals surface area contributed by atoms with Crippen molar-refractivity contribution < 1.29 is 22.1 Å². The summed E-state index contributed by atoms with van der Waals surface area (Å²) in [6.07, 6.45) is 2.07. The summed E-state index contributed by atoms with van der Waals surface area (Å²) in [6.45, 7) is -4.41. The largest absolute Gasteiger partial charge is 0.494 e. The van der Waals surface area contributed by atoms with Crippen LogP contribution in [0.5, 0.6) is 5.75 Å². The van der Waals surface area contributed by atoms with Crippen molar-refractivity contribution in [1.29, 1.82) is 5.26 Å². The molecule has 6 nitrogen and oxygen atoms in total. The van der Waals surface area contributed by atoms with Gasteiger partial charge in [-0.25, -0.2) is 4.39 Å². The minimum absolute atomic E-state index is 0.0496. The molecular weight excluding hydrogens is 419 g/mol. The molecule has 0 unspecified atom stereocenters. The molecule has 0 aliphatic rings. The number of allylic oxidation sites excluding steroid dienone is 1. The Morgan fingerprint density at radius 1 is 1.42 bits per heavy atom. The smallest absolute Gasteiger partial charge is 0.159 e. The van der Waals surface area contributed by atoms with E-state index in [0.717, 1.165) is 6.08 Å². The highest BCUT2D eigenvalue weighted by molar-refractivity contribution is 5.98. The van der Waals surface area contributed by atoms with E-state index in [0.29, 0.717) is 22.3 Å². The Labute approximate surface area is 201 Å². The molecule has 0 aliphatic carbocycles. The highest BCUT2D eigenvalue weighted by atomic mass is 19.1. The molecular formula is C26H27FN4O2. The first kappa shape index (κ1) is 16.8. The third-order valence-corrected chi connectivity index (χ3v) is 4.79. The lowest BCUT2D eigenvalue weighted by molar-refractivity contribution is -0.114. The van der Waals surface area contributed by atoms with Gasteiger partial charge in [0.1, 0.15) is 17.6 Å². The van der Waals surface area contributed by atoms with Gasteiger partial charge in [0.05, 0.1) is 27.4 Å². The van der Waals surface area contributed by atoms with Gasteiger partial charge >= 0.3 is 0 Å². The van der Waals surface area contributed by atoms with Gasteiger partial charge in [0, 0.05) is 46.0 Å². The summed E-state index contributed by atoms with van der Waals surface area (Å²) in [6, 6.07) is 9.18. The number of ketones is 1. The summed E-state index contributed by atoms with van der Waals surface area (Å²) in [4.78, 5) is 18.8. The first-order valence-corrected chi connectivity index (χ1v) is 10.0. The van der Waals surface area contributed by atoms with Crippen LogP contribution in [-0.4, -0.2) is 42.9 Å². The number of nitrogens with zero attached hydrogens (tertiary/aromatic N) is 3. The van der Waals surface area contributed by atoms with Gasteiger partial charge in [0.15, 0.2) is 5.78 Å². The fourth-order valence-electron chi connectivity index (χ4n) is 3.22. The first-order chi connectivity index (χ1) is 18.1. The number of hydrogen-bond donors (Lipinski definition) is 1. The standard InChI is InChI=1S/C26H27FN4O2/c1-5-33-25-14-24-22(13-18(25)12-21(32)7-6-10-31(3)4)26(19(15-28)16-29-24)30-20-8-9-23(27)17(2)11-20/h6-9,11,13-14,16H,5,10,12H2,1-4H3,(H,29,30)/b7-6+/i1D3,5D2,6D. The van der Waals surface area contributed by atoms with Crippen LogP contribution in [0.4, 0.5) is 15.8 Å². The van der Waals surface area contributed by atoms with Gasteiger partial charge < -0.3 is 15.0 Å². The zero-order chi connectivity index (χ0) is 29.1. The Kier molecular flexibility index (Phi) is 5.46. The van der Waals surface area contributed by atoms with E-state index < -0.39 is 25.0 Å². The highest BCUT2D eigenvalue weighted by Gasteiger charge is 2.16. The van der Waals surface area contributed by atoms with Crippen molar-refractivity contribution >= 4 is 28.1 Å². The van der Waals surface area contributed by atoms with Gasteiger partial charge in [0.2, 0.25) is 0 Å². The number of likely N-dealkylation sites (N-methyl/N-ethyl adjacent to an activating group) is 1. The molecule has 0 saturated heterocycles. The number of fused-ring (bicyclic) bond motifs is 1. The molecule has 0 radical (unpaired) electrons. The van der Waals surface area contributed by atoms with E-state index in [1.807, 2.05) is 6.07 Å². The number of aryl methyl sites for hydroxylation is 1. The van der Waals surface area contributed by atoms with Crippen molar-refractivity contribution in [3.8, 4) is 11.8 Å². The van der Waals surface area contributed by atoms with Gasteiger partial charge in [-0.05, 0) is 63.8 Å². The van der Waals surface area contributed by atoms with Crippen LogP contribution >= 0.6 is 0 Å². The second-order valence-electron chi connectivity index (χ2n) is 7.66. The van der Waals surface area contributed by atoms with Crippen molar-refractivity contribution in [1.82, 2.24) is 9.88 Å². The number of carbonyl (C=O) groups excluding carboxylic acids is 1. The molecule has 0 saturated carbocycles. The predicted octanol–water partition coefficient (Wildman–Crippen LogP) is 4.93. The summed E-state index contributed by atoms with van der Waals surface area (Å²) in [5.41, 5.74) is 1.67. The van der Waals surface area contributed by atoms with Crippen molar-refractivity contribution in [2.75, 3.05) is 32.5 Å². The molecule has 0 amide bonds. The monoisotopic (exact) mass is 452 g/mol.